The molecule has 0 saturated carbocycles. The number of benzene rings is 1. The van der Waals surface area contributed by atoms with Crippen LogP contribution in [-0.2, 0) is 4.74 Å². The molecule has 0 aliphatic carbocycles. The minimum atomic E-state index is 0.483. The molecule has 7 nitrogen and oxygen atoms in total. The van der Waals surface area contributed by atoms with Crippen LogP contribution in [0.4, 0.5) is 17.5 Å². The van der Waals surface area contributed by atoms with Crippen LogP contribution in [0.3, 0.4) is 0 Å². The molecule has 0 radical (unpaired) electrons. The van der Waals surface area contributed by atoms with Crippen LogP contribution in [0.15, 0.2) is 30.5 Å². The molecule has 0 atom stereocenters. The van der Waals surface area contributed by atoms with E-state index in [0.29, 0.717) is 16.7 Å². The van der Waals surface area contributed by atoms with E-state index < -0.39 is 0 Å². The van der Waals surface area contributed by atoms with E-state index in [2.05, 4.69) is 25.5 Å². The molecule has 1 aliphatic heterocycles. The zero-order chi connectivity index (χ0) is 17.5. The first-order valence-corrected chi connectivity index (χ1v) is 8.60. The first-order valence-electron chi connectivity index (χ1n) is 8.22. The molecule has 2 aromatic rings. The van der Waals surface area contributed by atoms with Crippen LogP contribution in [0.1, 0.15) is 0 Å². The van der Waals surface area contributed by atoms with Crippen molar-refractivity contribution in [2.24, 2.45) is 0 Å². The van der Waals surface area contributed by atoms with E-state index in [1.165, 1.54) is 0 Å². The lowest BCUT2D eigenvalue weighted by Crippen LogP contribution is -2.39. The van der Waals surface area contributed by atoms with Crippen molar-refractivity contribution in [3.05, 3.63) is 35.5 Å². The molecule has 1 aromatic carbocycles. The number of rotatable bonds is 7. The zero-order valence-electron chi connectivity index (χ0n) is 14.2. The van der Waals surface area contributed by atoms with Crippen molar-refractivity contribution in [3.63, 3.8) is 0 Å². The predicted octanol–water partition coefficient (Wildman–Crippen LogP) is 2.63. The van der Waals surface area contributed by atoms with Crippen LogP contribution in [-0.4, -0.2) is 61.4 Å². The van der Waals surface area contributed by atoms with Gasteiger partial charge >= 0.3 is 0 Å². The van der Waals surface area contributed by atoms with Gasteiger partial charge in [-0.15, -0.1) is 0 Å². The summed E-state index contributed by atoms with van der Waals surface area (Å²) in [5, 5.41) is 7.09. The van der Waals surface area contributed by atoms with E-state index >= 15 is 0 Å². The van der Waals surface area contributed by atoms with Gasteiger partial charge in [0, 0.05) is 37.4 Å². The average Bonchev–Trinajstić information content (AvgIpc) is 2.63. The molecule has 0 amide bonds. The number of ether oxygens (including phenoxy) is 2. The molecular weight excluding hydrogens is 342 g/mol. The second kappa shape index (κ2) is 8.84. The van der Waals surface area contributed by atoms with Gasteiger partial charge in [0.1, 0.15) is 11.6 Å². The van der Waals surface area contributed by atoms with Crippen LogP contribution in [0.25, 0.3) is 0 Å². The minimum absolute atomic E-state index is 0.483. The number of anilines is 3. The second-order valence-electron chi connectivity index (χ2n) is 5.62. The van der Waals surface area contributed by atoms with Gasteiger partial charge in [-0.25, -0.2) is 4.98 Å². The fraction of sp³-hybridized carbons (Fsp3) is 0.412. The normalized spacial score (nSPS) is 15.0. The predicted molar refractivity (Wildman–Crippen MR) is 99.1 cm³/mol. The molecule has 0 unspecified atom stereocenters. The number of hydrogen-bond donors (Lipinski definition) is 2. The highest BCUT2D eigenvalue weighted by atomic mass is 35.5. The Bertz CT molecular complexity index is 694. The molecule has 3 rings (SSSR count). The van der Waals surface area contributed by atoms with Gasteiger partial charge in [-0.05, 0) is 24.3 Å². The zero-order valence-corrected chi connectivity index (χ0v) is 14.9. The molecule has 0 spiro atoms. The number of halogens is 1. The molecule has 134 valence electrons. The molecular formula is C17H22ClN5O2. The Hall–Kier alpha value is -2.09. The third-order valence-corrected chi connectivity index (χ3v) is 4.14. The van der Waals surface area contributed by atoms with E-state index in [1.807, 2.05) is 6.07 Å². The van der Waals surface area contributed by atoms with Crippen molar-refractivity contribution in [1.82, 2.24) is 14.9 Å². The Morgan fingerprint density at radius 1 is 1.28 bits per heavy atom. The number of aromatic nitrogens is 2. The molecule has 1 saturated heterocycles. The number of nitrogens with one attached hydrogen (secondary N) is 2. The molecule has 1 aliphatic rings. The van der Waals surface area contributed by atoms with Crippen LogP contribution in [0, 0.1) is 0 Å². The Balaban J connectivity index is 1.58. The van der Waals surface area contributed by atoms with Gasteiger partial charge in [0.2, 0.25) is 5.95 Å². The highest BCUT2D eigenvalue weighted by Gasteiger charge is 2.10. The van der Waals surface area contributed by atoms with E-state index in [9.17, 15) is 0 Å². The molecule has 1 aromatic heterocycles. The van der Waals surface area contributed by atoms with Gasteiger partial charge in [-0.2, -0.15) is 4.98 Å². The summed E-state index contributed by atoms with van der Waals surface area (Å²) in [6.45, 7) is 5.35. The van der Waals surface area contributed by atoms with Crippen LogP contribution >= 0.6 is 11.6 Å². The Morgan fingerprint density at radius 2 is 2.12 bits per heavy atom. The minimum Gasteiger partial charge on any atom is -0.495 e. The first kappa shape index (κ1) is 17.7. The summed E-state index contributed by atoms with van der Waals surface area (Å²) in [7, 11) is 1.61. The highest BCUT2D eigenvalue weighted by molar-refractivity contribution is 6.30. The van der Waals surface area contributed by atoms with Crippen LogP contribution in [0.2, 0.25) is 5.02 Å². The molecule has 25 heavy (non-hydrogen) atoms. The van der Waals surface area contributed by atoms with Gasteiger partial charge in [0.25, 0.3) is 0 Å². The third-order valence-electron chi connectivity index (χ3n) is 3.90. The molecule has 1 fully saturated rings. The first-order chi connectivity index (χ1) is 12.2. The van der Waals surface area contributed by atoms with Crippen molar-refractivity contribution >= 4 is 29.1 Å². The van der Waals surface area contributed by atoms with Gasteiger partial charge in [0.05, 0.1) is 26.0 Å². The maximum Gasteiger partial charge on any atom is 0.229 e. The standard InChI is InChI=1S/C17H22ClN5O2/c1-24-15-3-2-13(18)12-14(15)21-17-20-5-4-16(22-17)19-6-7-23-8-10-25-11-9-23/h2-5,12H,6-11H2,1H3,(H2,19,20,21,22). The number of morpholine rings is 1. The summed E-state index contributed by atoms with van der Waals surface area (Å²) >= 11 is 6.05. The van der Waals surface area contributed by atoms with Gasteiger partial charge in [-0.3, -0.25) is 4.90 Å². The van der Waals surface area contributed by atoms with Crippen LogP contribution < -0.4 is 15.4 Å². The van der Waals surface area contributed by atoms with Gasteiger partial charge in [-0.1, -0.05) is 11.6 Å². The molecule has 2 N–H and O–H groups in total. The smallest absolute Gasteiger partial charge is 0.229 e. The largest absolute Gasteiger partial charge is 0.495 e. The quantitative estimate of drug-likeness (QED) is 0.783. The third kappa shape index (κ3) is 5.19. The molecule has 0 bridgehead atoms. The van der Waals surface area contributed by atoms with Gasteiger partial charge < -0.3 is 20.1 Å². The monoisotopic (exact) mass is 363 g/mol. The van der Waals surface area contributed by atoms with E-state index in [0.717, 1.165) is 50.9 Å². The molecule has 2 heterocycles. The Labute approximate surface area is 152 Å². The van der Waals surface area contributed by atoms with Gasteiger partial charge in [0.15, 0.2) is 0 Å². The lowest BCUT2D eigenvalue weighted by atomic mass is 10.3. The number of methoxy groups -OCH3 is 1. The highest BCUT2D eigenvalue weighted by Crippen LogP contribution is 2.29. The van der Waals surface area contributed by atoms with Crippen molar-refractivity contribution < 1.29 is 9.47 Å². The van der Waals surface area contributed by atoms with Crippen molar-refractivity contribution in [1.29, 1.82) is 0 Å². The maximum absolute atomic E-state index is 6.05. The lowest BCUT2D eigenvalue weighted by molar-refractivity contribution is 0.0398. The van der Waals surface area contributed by atoms with Crippen molar-refractivity contribution in [2.75, 3.05) is 57.1 Å². The summed E-state index contributed by atoms with van der Waals surface area (Å²) in [6, 6.07) is 7.20. The lowest BCUT2D eigenvalue weighted by Gasteiger charge is -2.26. The average molecular weight is 364 g/mol. The second-order valence-corrected chi connectivity index (χ2v) is 6.05. The van der Waals surface area contributed by atoms with Crippen molar-refractivity contribution in [3.8, 4) is 5.75 Å². The van der Waals surface area contributed by atoms with Crippen molar-refractivity contribution in [2.45, 2.75) is 0 Å². The fourth-order valence-corrected chi connectivity index (χ4v) is 2.75. The Kier molecular flexibility index (Phi) is 6.27. The summed E-state index contributed by atoms with van der Waals surface area (Å²) in [4.78, 5) is 11.1. The summed E-state index contributed by atoms with van der Waals surface area (Å²) in [5.41, 5.74) is 0.723. The number of hydrogen-bond acceptors (Lipinski definition) is 7. The van der Waals surface area contributed by atoms with E-state index in [-0.39, 0.29) is 0 Å². The maximum atomic E-state index is 6.05. The van der Waals surface area contributed by atoms with E-state index in [1.54, 1.807) is 31.5 Å². The summed E-state index contributed by atoms with van der Waals surface area (Å²) in [6.07, 6.45) is 1.71. The SMILES string of the molecule is COc1ccc(Cl)cc1Nc1nccc(NCCN2CCOCC2)n1. The molecule has 8 heteroatoms. The topological polar surface area (TPSA) is 71.5 Å². The fourth-order valence-electron chi connectivity index (χ4n) is 2.58. The van der Waals surface area contributed by atoms with E-state index in [4.69, 9.17) is 21.1 Å². The summed E-state index contributed by atoms with van der Waals surface area (Å²) < 4.78 is 10.7. The number of nitrogens with zero attached hydrogens (tertiary/aromatic N) is 3. The van der Waals surface area contributed by atoms with Crippen LogP contribution in [0.5, 0.6) is 5.75 Å². The Morgan fingerprint density at radius 3 is 2.92 bits per heavy atom. The summed E-state index contributed by atoms with van der Waals surface area (Å²) in [5.74, 6) is 1.93.